The number of aromatic nitrogens is 2. The van der Waals surface area contributed by atoms with Gasteiger partial charge in [0.25, 0.3) is 0 Å². The Balaban J connectivity index is 1.96. The molecule has 1 aliphatic rings. The first-order chi connectivity index (χ1) is 8.24. The molecule has 0 spiro atoms. The predicted octanol–water partition coefficient (Wildman–Crippen LogP) is 1.54. The Bertz CT molecular complexity index is 347. The van der Waals surface area contributed by atoms with Gasteiger partial charge in [-0.15, -0.1) is 0 Å². The maximum absolute atomic E-state index is 5.75. The molecule has 1 saturated heterocycles. The molecule has 0 aromatic carbocycles. The molecule has 1 aliphatic heterocycles. The lowest BCUT2D eigenvalue weighted by molar-refractivity contribution is -0.0770. The molecular formula is C11H19N3O3. The van der Waals surface area contributed by atoms with Crippen molar-refractivity contribution in [3.05, 3.63) is 5.82 Å². The van der Waals surface area contributed by atoms with Gasteiger partial charge >= 0.3 is 6.01 Å². The lowest BCUT2D eigenvalue weighted by Gasteiger charge is -2.30. The van der Waals surface area contributed by atoms with Gasteiger partial charge in [-0.05, 0) is 26.2 Å². The predicted molar refractivity (Wildman–Crippen MR) is 61.8 cm³/mol. The second kappa shape index (κ2) is 5.46. The molecule has 0 aliphatic carbocycles. The SMILES string of the molecule is COCCNc1nc(C2(C)CCCCO2)no1. The normalized spacial score (nSPS) is 24.8. The van der Waals surface area contributed by atoms with Crippen LogP contribution in [0.4, 0.5) is 6.01 Å². The van der Waals surface area contributed by atoms with Crippen molar-refractivity contribution in [2.24, 2.45) is 0 Å². The summed E-state index contributed by atoms with van der Waals surface area (Å²) < 4.78 is 15.8. The minimum Gasteiger partial charge on any atom is -0.383 e. The van der Waals surface area contributed by atoms with Crippen LogP contribution in [0.15, 0.2) is 4.52 Å². The van der Waals surface area contributed by atoms with Crippen LogP contribution in [-0.2, 0) is 15.1 Å². The van der Waals surface area contributed by atoms with E-state index in [4.69, 9.17) is 14.0 Å². The van der Waals surface area contributed by atoms with Crippen LogP contribution in [0.1, 0.15) is 32.0 Å². The van der Waals surface area contributed by atoms with Crippen LogP contribution in [0.5, 0.6) is 0 Å². The quantitative estimate of drug-likeness (QED) is 0.789. The summed E-state index contributed by atoms with van der Waals surface area (Å²) in [6.07, 6.45) is 3.17. The van der Waals surface area contributed by atoms with Gasteiger partial charge in [0.2, 0.25) is 5.82 Å². The Morgan fingerprint density at radius 3 is 3.06 bits per heavy atom. The maximum Gasteiger partial charge on any atom is 0.321 e. The number of nitrogens with zero attached hydrogens (tertiary/aromatic N) is 2. The largest absolute Gasteiger partial charge is 0.383 e. The van der Waals surface area contributed by atoms with E-state index in [9.17, 15) is 0 Å². The van der Waals surface area contributed by atoms with Crippen molar-refractivity contribution in [2.45, 2.75) is 31.8 Å². The molecule has 1 fully saturated rings. The van der Waals surface area contributed by atoms with Crippen molar-refractivity contribution in [1.82, 2.24) is 10.1 Å². The fourth-order valence-corrected chi connectivity index (χ4v) is 1.88. The Kier molecular flexibility index (Phi) is 3.96. The van der Waals surface area contributed by atoms with Crippen LogP contribution < -0.4 is 5.32 Å². The number of anilines is 1. The van der Waals surface area contributed by atoms with Crippen molar-refractivity contribution < 1.29 is 14.0 Å². The summed E-state index contributed by atoms with van der Waals surface area (Å²) in [5.74, 6) is 0.622. The minimum atomic E-state index is -0.400. The Hall–Kier alpha value is -1.14. The average molecular weight is 241 g/mol. The Morgan fingerprint density at radius 1 is 1.47 bits per heavy atom. The summed E-state index contributed by atoms with van der Waals surface area (Å²) in [4.78, 5) is 4.31. The third kappa shape index (κ3) is 2.95. The first-order valence-corrected chi connectivity index (χ1v) is 5.95. The molecule has 1 atom stereocenters. The summed E-state index contributed by atoms with van der Waals surface area (Å²) in [7, 11) is 1.65. The molecule has 17 heavy (non-hydrogen) atoms. The van der Waals surface area contributed by atoms with E-state index < -0.39 is 5.60 Å². The highest BCUT2D eigenvalue weighted by atomic mass is 16.5. The van der Waals surface area contributed by atoms with Crippen LogP contribution in [0.25, 0.3) is 0 Å². The molecule has 2 heterocycles. The van der Waals surface area contributed by atoms with Crippen LogP contribution >= 0.6 is 0 Å². The van der Waals surface area contributed by atoms with E-state index in [0.29, 0.717) is 25.0 Å². The molecule has 0 amide bonds. The van der Waals surface area contributed by atoms with E-state index in [1.807, 2.05) is 6.92 Å². The monoisotopic (exact) mass is 241 g/mol. The van der Waals surface area contributed by atoms with Crippen molar-refractivity contribution in [1.29, 1.82) is 0 Å². The molecule has 0 bridgehead atoms. The maximum atomic E-state index is 5.75. The smallest absolute Gasteiger partial charge is 0.321 e. The molecule has 1 N–H and O–H groups in total. The number of ether oxygens (including phenoxy) is 2. The van der Waals surface area contributed by atoms with Crippen LogP contribution in [0.3, 0.4) is 0 Å². The molecule has 1 aromatic rings. The number of nitrogens with one attached hydrogen (secondary N) is 1. The summed E-state index contributed by atoms with van der Waals surface area (Å²) in [6, 6.07) is 0.424. The summed E-state index contributed by atoms with van der Waals surface area (Å²) in [5, 5.41) is 6.98. The van der Waals surface area contributed by atoms with Gasteiger partial charge in [0, 0.05) is 20.3 Å². The molecule has 0 saturated carbocycles. The van der Waals surface area contributed by atoms with E-state index >= 15 is 0 Å². The van der Waals surface area contributed by atoms with Crippen LogP contribution in [0, 0.1) is 0 Å². The van der Waals surface area contributed by atoms with Gasteiger partial charge in [0.15, 0.2) is 0 Å². The zero-order valence-corrected chi connectivity index (χ0v) is 10.4. The van der Waals surface area contributed by atoms with Crippen LogP contribution in [0.2, 0.25) is 0 Å². The average Bonchev–Trinajstić information content (AvgIpc) is 2.80. The van der Waals surface area contributed by atoms with Gasteiger partial charge in [-0.3, -0.25) is 0 Å². The molecule has 6 heteroatoms. The lowest BCUT2D eigenvalue weighted by Crippen LogP contribution is -2.31. The standard InChI is InChI=1S/C11H19N3O3/c1-11(5-3-4-7-16-11)9-13-10(17-14-9)12-6-8-15-2/h3-8H2,1-2H3,(H,12,13,14). The fraction of sp³-hybridized carbons (Fsp3) is 0.818. The Labute approximate surface area is 101 Å². The summed E-state index contributed by atoms with van der Waals surface area (Å²) in [5.41, 5.74) is -0.400. The van der Waals surface area contributed by atoms with E-state index in [2.05, 4.69) is 15.5 Å². The van der Waals surface area contributed by atoms with Crippen LogP contribution in [-0.4, -0.2) is 37.0 Å². The highest BCUT2D eigenvalue weighted by Gasteiger charge is 2.34. The number of hydrogen-bond donors (Lipinski definition) is 1. The van der Waals surface area contributed by atoms with E-state index in [-0.39, 0.29) is 0 Å². The first kappa shape index (κ1) is 12.3. The lowest BCUT2D eigenvalue weighted by atomic mass is 9.95. The highest BCUT2D eigenvalue weighted by molar-refractivity contribution is 5.19. The zero-order valence-electron chi connectivity index (χ0n) is 10.4. The van der Waals surface area contributed by atoms with Gasteiger partial charge in [-0.2, -0.15) is 4.98 Å². The number of rotatable bonds is 5. The van der Waals surface area contributed by atoms with Crippen molar-refractivity contribution in [3.8, 4) is 0 Å². The number of methoxy groups -OCH3 is 1. The third-order valence-corrected chi connectivity index (χ3v) is 2.95. The molecular weight excluding hydrogens is 222 g/mol. The second-order valence-electron chi connectivity index (χ2n) is 4.38. The number of hydrogen-bond acceptors (Lipinski definition) is 6. The Morgan fingerprint density at radius 2 is 2.35 bits per heavy atom. The topological polar surface area (TPSA) is 69.4 Å². The van der Waals surface area contributed by atoms with Gasteiger partial charge in [0.05, 0.1) is 6.61 Å². The van der Waals surface area contributed by atoms with Crippen molar-refractivity contribution in [2.75, 3.05) is 32.2 Å². The molecule has 0 radical (unpaired) electrons. The van der Waals surface area contributed by atoms with Gasteiger partial charge in [-0.25, -0.2) is 0 Å². The zero-order chi connectivity index (χ0) is 12.1. The highest BCUT2D eigenvalue weighted by Crippen LogP contribution is 2.33. The van der Waals surface area contributed by atoms with Crippen molar-refractivity contribution >= 4 is 6.01 Å². The summed E-state index contributed by atoms with van der Waals surface area (Å²) in [6.45, 7) is 4.02. The molecule has 1 aromatic heterocycles. The van der Waals surface area contributed by atoms with E-state index in [0.717, 1.165) is 25.9 Å². The fourth-order valence-electron chi connectivity index (χ4n) is 1.88. The van der Waals surface area contributed by atoms with E-state index in [1.165, 1.54) is 0 Å². The van der Waals surface area contributed by atoms with Gasteiger partial charge < -0.3 is 19.3 Å². The van der Waals surface area contributed by atoms with Crippen molar-refractivity contribution in [3.63, 3.8) is 0 Å². The molecule has 2 rings (SSSR count). The van der Waals surface area contributed by atoms with Gasteiger partial charge in [0.1, 0.15) is 5.60 Å². The van der Waals surface area contributed by atoms with Gasteiger partial charge in [-0.1, -0.05) is 5.16 Å². The molecule has 6 nitrogen and oxygen atoms in total. The minimum absolute atomic E-state index is 0.400. The second-order valence-corrected chi connectivity index (χ2v) is 4.38. The molecule has 1 unspecified atom stereocenters. The first-order valence-electron chi connectivity index (χ1n) is 5.95. The van der Waals surface area contributed by atoms with E-state index in [1.54, 1.807) is 7.11 Å². The molecule has 96 valence electrons. The third-order valence-electron chi connectivity index (χ3n) is 2.95. The summed E-state index contributed by atoms with van der Waals surface area (Å²) >= 11 is 0.